The molecule has 0 spiro atoms. The molecule has 1 heterocycles. The van der Waals surface area contributed by atoms with Crippen LogP contribution in [0.5, 0.6) is 0 Å². The van der Waals surface area contributed by atoms with E-state index < -0.39 is 0 Å². The van der Waals surface area contributed by atoms with E-state index in [1.807, 2.05) is 13.2 Å². The molecular weight excluding hydrogens is 509 g/mol. The molecule has 0 radical (unpaired) electrons. The largest absolute Gasteiger partial charge is 0.373 e. The lowest BCUT2D eigenvalue weighted by Crippen LogP contribution is -2.25. The zero-order valence-corrected chi connectivity index (χ0v) is 22.4. The Bertz CT molecular complexity index is 688. The van der Waals surface area contributed by atoms with E-state index in [-0.39, 0.29) is 11.8 Å². The molecule has 1 aromatic rings. The van der Waals surface area contributed by atoms with Gasteiger partial charge in [0.1, 0.15) is 5.82 Å². The maximum atomic E-state index is 13.4. The molecule has 2 N–H and O–H groups in total. The Morgan fingerprint density at radius 2 is 1.44 bits per heavy atom. The molecule has 180 valence electrons. The Kier molecular flexibility index (Phi) is 11.6. The number of rotatable bonds is 6. The second-order valence-electron chi connectivity index (χ2n) is 9.88. The topological polar surface area (TPSA) is 54.0 Å². The molecule has 4 nitrogen and oxygen atoms in total. The summed E-state index contributed by atoms with van der Waals surface area (Å²) >= 11 is 2.47. The molecule has 32 heavy (non-hydrogen) atoms. The molecule has 1 amide bonds. The van der Waals surface area contributed by atoms with Crippen molar-refractivity contribution in [3.63, 3.8) is 0 Å². The number of halogens is 1. The van der Waals surface area contributed by atoms with Crippen LogP contribution in [0.15, 0.2) is 6.20 Å². The van der Waals surface area contributed by atoms with Gasteiger partial charge in [-0.1, -0.05) is 99.6 Å². The van der Waals surface area contributed by atoms with Crippen molar-refractivity contribution in [3.05, 3.63) is 17.3 Å². The lowest BCUT2D eigenvalue weighted by Gasteiger charge is -2.26. The summed E-state index contributed by atoms with van der Waals surface area (Å²) in [5.74, 6) is 1.91. The zero-order chi connectivity index (χ0) is 22.6. The second-order valence-corrected chi connectivity index (χ2v) is 11.0. The van der Waals surface area contributed by atoms with Crippen molar-refractivity contribution in [1.82, 2.24) is 4.98 Å². The first-order valence-electron chi connectivity index (χ1n) is 13.3. The fourth-order valence-corrected chi connectivity index (χ4v) is 6.29. The summed E-state index contributed by atoms with van der Waals surface area (Å²) < 4.78 is 1.06. The normalized spacial score (nSPS) is 20.2. The summed E-state index contributed by atoms with van der Waals surface area (Å²) in [5.41, 5.74) is 3.72. The number of nitrogens with zero attached hydrogens (tertiary/aromatic N) is 1. The minimum Gasteiger partial charge on any atom is -0.373 e. The van der Waals surface area contributed by atoms with Crippen LogP contribution >= 0.6 is 22.6 Å². The van der Waals surface area contributed by atoms with E-state index in [1.165, 1.54) is 101 Å². The number of amides is 1. The molecule has 2 saturated carbocycles. The van der Waals surface area contributed by atoms with Crippen molar-refractivity contribution in [3.8, 4) is 0 Å². The number of carbonyl (C=O) groups excluding carboxylic acids is 1. The van der Waals surface area contributed by atoms with Crippen molar-refractivity contribution in [1.29, 1.82) is 0 Å². The number of nitrogens with one attached hydrogen (secondary N) is 2. The van der Waals surface area contributed by atoms with Crippen LogP contribution in [0, 0.1) is 5.92 Å². The summed E-state index contributed by atoms with van der Waals surface area (Å²) in [6.07, 6.45) is 23.1. The smallest absolute Gasteiger partial charge is 0.227 e. The highest BCUT2D eigenvalue weighted by atomic mass is 127. The monoisotopic (exact) mass is 553 g/mol. The van der Waals surface area contributed by atoms with Crippen molar-refractivity contribution in [2.75, 3.05) is 22.1 Å². The van der Waals surface area contributed by atoms with Gasteiger partial charge < -0.3 is 10.6 Å². The van der Waals surface area contributed by atoms with Gasteiger partial charge in [0.2, 0.25) is 5.91 Å². The summed E-state index contributed by atoms with van der Waals surface area (Å²) in [6.45, 7) is 0. The first-order valence-corrected chi connectivity index (χ1v) is 14.8. The number of pyridine rings is 1. The average Bonchev–Trinajstić information content (AvgIpc) is 3.03. The zero-order valence-electron chi connectivity index (χ0n) is 20.2. The minimum absolute atomic E-state index is 0.151. The molecule has 3 rings (SSSR count). The van der Waals surface area contributed by atoms with Gasteiger partial charge in [-0.2, -0.15) is 0 Å². The molecule has 0 aliphatic heterocycles. The Morgan fingerprint density at radius 3 is 1.97 bits per heavy atom. The molecule has 0 atom stereocenters. The number of hydrogen-bond acceptors (Lipinski definition) is 3. The van der Waals surface area contributed by atoms with Crippen molar-refractivity contribution < 1.29 is 4.79 Å². The van der Waals surface area contributed by atoms with E-state index in [2.05, 4.69) is 33.2 Å². The quantitative estimate of drug-likeness (QED) is 0.277. The van der Waals surface area contributed by atoms with E-state index in [1.54, 1.807) is 0 Å². The lowest BCUT2D eigenvalue weighted by molar-refractivity contribution is -0.120. The van der Waals surface area contributed by atoms with Crippen LogP contribution in [0.3, 0.4) is 0 Å². The van der Waals surface area contributed by atoms with E-state index in [0.717, 1.165) is 35.2 Å². The first-order chi connectivity index (χ1) is 15.7. The fraction of sp³-hybridized carbons (Fsp3) is 0.778. The van der Waals surface area contributed by atoms with Gasteiger partial charge in [-0.15, -0.1) is 0 Å². The predicted molar refractivity (Wildman–Crippen MR) is 145 cm³/mol. The van der Waals surface area contributed by atoms with Gasteiger partial charge >= 0.3 is 0 Å². The third-order valence-electron chi connectivity index (χ3n) is 7.55. The Balaban J connectivity index is 1.89. The Labute approximate surface area is 209 Å². The average molecular weight is 554 g/mol. The van der Waals surface area contributed by atoms with Crippen molar-refractivity contribution in [2.45, 2.75) is 115 Å². The third-order valence-corrected chi connectivity index (χ3v) is 8.09. The number of carbonyl (C=O) groups is 1. The van der Waals surface area contributed by atoms with E-state index in [9.17, 15) is 4.79 Å². The summed E-state index contributed by atoms with van der Waals surface area (Å²) in [7, 11) is 1.97. The van der Waals surface area contributed by atoms with Gasteiger partial charge in [0.05, 0.1) is 11.9 Å². The molecule has 1 aromatic heterocycles. The maximum absolute atomic E-state index is 13.4. The van der Waals surface area contributed by atoms with Gasteiger partial charge in [0.15, 0.2) is 0 Å². The molecule has 0 aromatic carbocycles. The molecule has 0 bridgehead atoms. The summed E-state index contributed by atoms with van der Waals surface area (Å²) in [4.78, 5) is 18.2. The second kappa shape index (κ2) is 14.4. The standard InChI is InChI=1S/C27H44IN3O/c1-29-26-23(18-19-28)25(21-14-10-6-2-3-7-11-15-21)24(20-30-26)31-27(32)22-16-12-8-4-5-9-13-17-22/h20-22H,2-19H2,1H3,(H,29,30)(H,31,32). The number of alkyl halides is 1. The highest BCUT2D eigenvalue weighted by Crippen LogP contribution is 2.39. The van der Waals surface area contributed by atoms with Crippen LogP contribution in [-0.4, -0.2) is 22.4 Å². The van der Waals surface area contributed by atoms with Crippen LogP contribution in [-0.2, 0) is 11.2 Å². The number of anilines is 2. The molecular formula is C27H44IN3O. The van der Waals surface area contributed by atoms with Crippen LogP contribution in [0.25, 0.3) is 0 Å². The number of aromatic nitrogens is 1. The van der Waals surface area contributed by atoms with Crippen LogP contribution in [0.1, 0.15) is 120 Å². The molecule has 2 aliphatic carbocycles. The van der Waals surface area contributed by atoms with Crippen molar-refractivity contribution in [2.24, 2.45) is 5.92 Å². The highest BCUT2D eigenvalue weighted by molar-refractivity contribution is 14.1. The third kappa shape index (κ3) is 7.59. The van der Waals surface area contributed by atoms with Crippen LogP contribution in [0.4, 0.5) is 11.5 Å². The molecule has 5 heteroatoms. The lowest BCUT2D eigenvalue weighted by atomic mass is 9.85. The van der Waals surface area contributed by atoms with E-state index in [4.69, 9.17) is 4.98 Å². The Morgan fingerprint density at radius 1 is 0.906 bits per heavy atom. The van der Waals surface area contributed by atoms with E-state index in [0.29, 0.717) is 5.92 Å². The van der Waals surface area contributed by atoms with E-state index >= 15 is 0 Å². The fourth-order valence-electron chi connectivity index (χ4n) is 5.75. The molecule has 2 fully saturated rings. The van der Waals surface area contributed by atoms with Gasteiger partial charge in [-0.3, -0.25) is 4.79 Å². The predicted octanol–water partition coefficient (Wildman–Crippen LogP) is 8.01. The molecule has 0 unspecified atom stereocenters. The van der Waals surface area contributed by atoms with Crippen molar-refractivity contribution >= 4 is 40.0 Å². The van der Waals surface area contributed by atoms with Crippen LogP contribution < -0.4 is 10.6 Å². The molecule has 2 aliphatic rings. The van der Waals surface area contributed by atoms with Gasteiger partial charge in [-0.05, 0) is 43.6 Å². The summed E-state index contributed by atoms with van der Waals surface area (Å²) in [5, 5.41) is 6.76. The van der Waals surface area contributed by atoms with Gasteiger partial charge in [-0.25, -0.2) is 4.98 Å². The first kappa shape index (κ1) is 25.8. The van der Waals surface area contributed by atoms with Crippen LogP contribution in [0.2, 0.25) is 0 Å². The SMILES string of the molecule is CNc1ncc(NC(=O)C2CCCCCCCC2)c(C2CCCCCCCC2)c1CCI. The Hall–Kier alpha value is -0.850. The maximum Gasteiger partial charge on any atom is 0.227 e. The minimum atomic E-state index is 0.151. The van der Waals surface area contributed by atoms with Gasteiger partial charge in [0.25, 0.3) is 0 Å². The number of hydrogen-bond donors (Lipinski definition) is 2. The highest BCUT2D eigenvalue weighted by Gasteiger charge is 2.26. The van der Waals surface area contributed by atoms with Gasteiger partial charge in [0, 0.05) is 23.0 Å². The molecule has 0 saturated heterocycles. The summed E-state index contributed by atoms with van der Waals surface area (Å²) in [6, 6.07) is 0.